The van der Waals surface area contributed by atoms with Gasteiger partial charge < -0.3 is 5.32 Å². The van der Waals surface area contributed by atoms with Gasteiger partial charge in [0.05, 0.1) is 0 Å². The molecule has 1 N–H and O–H groups in total. The number of hydrogen-bond donors (Lipinski definition) is 1. The Kier molecular flexibility index (Phi) is 2.90. The average Bonchev–Trinajstić information content (AvgIpc) is 1.85. The first kappa shape index (κ1) is 9.01. The minimum absolute atomic E-state index is 0.654. The highest BCUT2D eigenvalue weighted by molar-refractivity contribution is 4.82. The van der Waals surface area contributed by atoms with Gasteiger partial charge in [-0.3, -0.25) is 4.90 Å². The number of rotatable bonds is 1. The number of hydrogen-bond acceptors (Lipinski definition) is 2. The van der Waals surface area contributed by atoms with E-state index in [9.17, 15) is 0 Å². The van der Waals surface area contributed by atoms with E-state index in [4.69, 9.17) is 0 Å². The van der Waals surface area contributed by atoms with E-state index in [1.165, 1.54) is 13.1 Å². The van der Waals surface area contributed by atoms with Gasteiger partial charge in [0.15, 0.2) is 0 Å². The molecular formula is C9H20N2. The lowest BCUT2D eigenvalue weighted by molar-refractivity contribution is 0.139. The van der Waals surface area contributed by atoms with Gasteiger partial charge >= 0.3 is 0 Å². The van der Waals surface area contributed by atoms with E-state index in [2.05, 4.69) is 37.9 Å². The molecule has 0 amide bonds. The van der Waals surface area contributed by atoms with Crippen molar-refractivity contribution in [2.24, 2.45) is 0 Å². The highest BCUT2D eigenvalue weighted by Gasteiger charge is 2.21. The van der Waals surface area contributed by atoms with Gasteiger partial charge in [-0.05, 0) is 27.7 Å². The van der Waals surface area contributed by atoms with Crippen molar-refractivity contribution in [3.8, 4) is 0 Å². The molecule has 0 bridgehead atoms. The van der Waals surface area contributed by atoms with E-state index >= 15 is 0 Å². The van der Waals surface area contributed by atoms with Crippen LogP contribution in [0.5, 0.6) is 0 Å². The van der Waals surface area contributed by atoms with Crippen molar-refractivity contribution in [1.29, 1.82) is 0 Å². The van der Waals surface area contributed by atoms with Crippen molar-refractivity contribution >= 4 is 0 Å². The quantitative estimate of drug-likeness (QED) is 0.611. The van der Waals surface area contributed by atoms with E-state index in [0.717, 1.165) is 0 Å². The van der Waals surface area contributed by atoms with Crippen molar-refractivity contribution < 1.29 is 0 Å². The van der Waals surface area contributed by atoms with Crippen molar-refractivity contribution in [3.05, 3.63) is 0 Å². The zero-order valence-electron chi connectivity index (χ0n) is 8.09. The molecular weight excluding hydrogens is 136 g/mol. The molecule has 0 saturated carbocycles. The molecule has 0 spiro atoms. The predicted octanol–water partition coefficient (Wildman–Crippen LogP) is 1.08. The summed E-state index contributed by atoms with van der Waals surface area (Å²) < 4.78 is 0. The summed E-state index contributed by atoms with van der Waals surface area (Å²) in [5, 5.41) is 3.52. The van der Waals surface area contributed by atoms with Crippen LogP contribution in [0.15, 0.2) is 0 Å². The van der Waals surface area contributed by atoms with E-state index < -0.39 is 0 Å². The summed E-state index contributed by atoms with van der Waals surface area (Å²) >= 11 is 0. The molecule has 66 valence electrons. The van der Waals surface area contributed by atoms with Crippen LogP contribution in [0.1, 0.15) is 27.7 Å². The SMILES string of the molecule is CC(C)N1C[C@H](C)N[C@@H](C)C1. The molecule has 0 aromatic heterocycles. The molecule has 2 heteroatoms. The monoisotopic (exact) mass is 156 g/mol. The molecule has 1 rings (SSSR count). The van der Waals surface area contributed by atoms with E-state index in [0.29, 0.717) is 18.1 Å². The van der Waals surface area contributed by atoms with Crippen LogP contribution in [0.3, 0.4) is 0 Å². The molecule has 0 aliphatic carbocycles. The Morgan fingerprint density at radius 3 is 2.00 bits per heavy atom. The Morgan fingerprint density at radius 2 is 1.64 bits per heavy atom. The minimum atomic E-state index is 0.654. The van der Waals surface area contributed by atoms with Crippen LogP contribution in [0.4, 0.5) is 0 Å². The Hall–Kier alpha value is -0.0800. The maximum Gasteiger partial charge on any atom is 0.0169 e. The first-order chi connectivity index (χ1) is 5.09. The molecule has 0 radical (unpaired) electrons. The molecule has 0 unspecified atom stereocenters. The fourth-order valence-electron chi connectivity index (χ4n) is 1.79. The zero-order valence-corrected chi connectivity index (χ0v) is 8.09. The van der Waals surface area contributed by atoms with Crippen molar-refractivity contribution in [3.63, 3.8) is 0 Å². The van der Waals surface area contributed by atoms with Gasteiger partial charge in [0.25, 0.3) is 0 Å². The summed E-state index contributed by atoms with van der Waals surface area (Å²) in [5.74, 6) is 0. The van der Waals surface area contributed by atoms with Crippen molar-refractivity contribution in [2.75, 3.05) is 13.1 Å². The Bertz CT molecular complexity index is 113. The predicted molar refractivity (Wildman–Crippen MR) is 48.8 cm³/mol. The number of piperazine rings is 1. The first-order valence-electron chi connectivity index (χ1n) is 4.59. The van der Waals surface area contributed by atoms with E-state index in [1.54, 1.807) is 0 Å². The fourth-order valence-corrected chi connectivity index (χ4v) is 1.79. The van der Waals surface area contributed by atoms with Crippen LogP contribution in [0.2, 0.25) is 0 Å². The summed E-state index contributed by atoms with van der Waals surface area (Å²) in [4.78, 5) is 2.53. The third kappa shape index (κ3) is 2.46. The van der Waals surface area contributed by atoms with Gasteiger partial charge in [-0.1, -0.05) is 0 Å². The molecule has 2 nitrogen and oxygen atoms in total. The second kappa shape index (κ2) is 3.55. The minimum Gasteiger partial charge on any atom is -0.309 e. The summed E-state index contributed by atoms with van der Waals surface area (Å²) in [6.07, 6.45) is 0. The maximum atomic E-state index is 3.52. The van der Waals surface area contributed by atoms with Crippen LogP contribution in [0.25, 0.3) is 0 Å². The van der Waals surface area contributed by atoms with Crippen LogP contribution < -0.4 is 5.32 Å². The van der Waals surface area contributed by atoms with Crippen LogP contribution in [-0.2, 0) is 0 Å². The van der Waals surface area contributed by atoms with Gasteiger partial charge in [-0.2, -0.15) is 0 Å². The Balaban J connectivity index is 2.43. The Morgan fingerprint density at radius 1 is 1.18 bits per heavy atom. The lowest BCUT2D eigenvalue weighted by Gasteiger charge is -2.38. The van der Waals surface area contributed by atoms with Crippen LogP contribution in [0, 0.1) is 0 Å². The molecule has 11 heavy (non-hydrogen) atoms. The number of nitrogens with zero attached hydrogens (tertiary/aromatic N) is 1. The van der Waals surface area contributed by atoms with E-state index in [-0.39, 0.29) is 0 Å². The summed E-state index contributed by atoms with van der Waals surface area (Å²) in [6.45, 7) is 11.4. The third-order valence-electron chi connectivity index (χ3n) is 2.32. The molecule has 1 aliphatic heterocycles. The van der Waals surface area contributed by atoms with Gasteiger partial charge in [-0.25, -0.2) is 0 Å². The average molecular weight is 156 g/mol. The molecule has 1 heterocycles. The Labute approximate surface area is 70.0 Å². The molecule has 1 saturated heterocycles. The fraction of sp³-hybridized carbons (Fsp3) is 1.00. The van der Waals surface area contributed by atoms with Gasteiger partial charge in [0.2, 0.25) is 0 Å². The molecule has 0 aromatic carbocycles. The second-order valence-electron chi connectivity index (χ2n) is 4.02. The van der Waals surface area contributed by atoms with Crippen molar-refractivity contribution in [1.82, 2.24) is 10.2 Å². The van der Waals surface area contributed by atoms with Crippen LogP contribution >= 0.6 is 0 Å². The van der Waals surface area contributed by atoms with Crippen LogP contribution in [-0.4, -0.2) is 36.1 Å². The maximum absolute atomic E-state index is 3.52. The summed E-state index contributed by atoms with van der Waals surface area (Å²) in [6, 6.07) is 2.00. The third-order valence-corrected chi connectivity index (χ3v) is 2.32. The standard InChI is InChI=1S/C9H20N2/c1-7(2)11-5-8(3)10-9(4)6-11/h7-10H,5-6H2,1-4H3/t8-,9-/m0/s1. The number of nitrogens with one attached hydrogen (secondary N) is 1. The smallest absolute Gasteiger partial charge is 0.0169 e. The van der Waals surface area contributed by atoms with Gasteiger partial charge in [-0.15, -0.1) is 0 Å². The van der Waals surface area contributed by atoms with Gasteiger partial charge in [0, 0.05) is 31.2 Å². The molecule has 1 fully saturated rings. The first-order valence-corrected chi connectivity index (χ1v) is 4.59. The highest BCUT2D eigenvalue weighted by atomic mass is 15.2. The zero-order chi connectivity index (χ0) is 8.43. The highest BCUT2D eigenvalue weighted by Crippen LogP contribution is 2.07. The largest absolute Gasteiger partial charge is 0.309 e. The lowest BCUT2D eigenvalue weighted by atomic mass is 10.1. The summed E-state index contributed by atoms with van der Waals surface area (Å²) in [7, 11) is 0. The van der Waals surface area contributed by atoms with Gasteiger partial charge in [0.1, 0.15) is 0 Å². The van der Waals surface area contributed by atoms with E-state index in [1.807, 2.05) is 0 Å². The van der Waals surface area contributed by atoms with Crippen molar-refractivity contribution in [2.45, 2.75) is 45.8 Å². The summed E-state index contributed by atoms with van der Waals surface area (Å²) in [5.41, 5.74) is 0. The molecule has 2 atom stereocenters. The normalized spacial score (nSPS) is 34.6. The lowest BCUT2D eigenvalue weighted by Crippen LogP contribution is -2.55. The second-order valence-corrected chi connectivity index (χ2v) is 4.02. The molecule has 0 aromatic rings. The molecule has 1 aliphatic rings. The topological polar surface area (TPSA) is 15.3 Å².